The highest BCUT2D eigenvalue weighted by molar-refractivity contribution is 5.90. The Labute approximate surface area is 349 Å². The molecule has 1 aromatic heterocycles. The summed E-state index contributed by atoms with van der Waals surface area (Å²) in [5.74, 6) is 2.65. The Morgan fingerprint density at radius 1 is 0.695 bits per heavy atom. The van der Waals surface area contributed by atoms with Crippen LogP contribution in [0.15, 0.2) is 85.5 Å². The average molecular weight is 796 g/mol. The summed E-state index contributed by atoms with van der Waals surface area (Å²) >= 11 is 0. The van der Waals surface area contributed by atoms with Gasteiger partial charge in [0.15, 0.2) is 0 Å². The van der Waals surface area contributed by atoms with Gasteiger partial charge in [-0.1, -0.05) is 65.0 Å². The summed E-state index contributed by atoms with van der Waals surface area (Å²) in [6.07, 6.45) is 10.8. The van der Waals surface area contributed by atoms with E-state index in [9.17, 15) is 10.2 Å². The fourth-order valence-corrected chi connectivity index (χ4v) is 11.1. The number of phenolic OH excluding ortho intramolecular Hbond substituents is 2. The van der Waals surface area contributed by atoms with Gasteiger partial charge in [0.25, 0.3) is 0 Å². The predicted octanol–water partition coefficient (Wildman–Crippen LogP) is 14.3. The molecule has 4 aliphatic carbocycles. The van der Waals surface area contributed by atoms with Crippen molar-refractivity contribution < 1.29 is 23.7 Å². The zero-order valence-corrected chi connectivity index (χ0v) is 35.5. The maximum atomic E-state index is 16.0. The van der Waals surface area contributed by atoms with E-state index in [1.165, 1.54) is 37.5 Å². The van der Waals surface area contributed by atoms with E-state index < -0.39 is 5.82 Å². The third-order valence-corrected chi connectivity index (χ3v) is 13.9. The van der Waals surface area contributed by atoms with Crippen LogP contribution in [0.1, 0.15) is 120 Å². The Bertz CT molecular complexity index is 2360. The van der Waals surface area contributed by atoms with Gasteiger partial charge < -0.3 is 14.9 Å². The van der Waals surface area contributed by atoms with E-state index in [1.54, 1.807) is 13.2 Å². The van der Waals surface area contributed by atoms with Crippen LogP contribution in [-0.2, 0) is 11.8 Å². The quantitative estimate of drug-likeness (QED) is 0.117. The largest absolute Gasteiger partial charge is 0.507 e. The summed E-state index contributed by atoms with van der Waals surface area (Å²) in [6, 6.07) is 21.9. The first kappa shape index (κ1) is 40.8. The number of benzene rings is 4. The maximum absolute atomic E-state index is 16.0. The van der Waals surface area contributed by atoms with Gasteiger partial charge in [0.2, 0.25) is 0 Å². The fraction of sp³-hybridized carbons (Fsp3) is 0.415. The van der Waals surface area contributed by atoms with Gasteiger partial charge in [0.05, 0.1) is 18.5 Å². The van der Waals surface area contributed by atoms with Crippen LogP contribution in [0.3, 0.4) is 0 Å². The lowest BCUT2D eigenvalue weighted by Gasteiger charge is -2.57. The Hall–Kier alpha value is -4.97. The summed E-state index contributed by atoms with van der Waals surface area (Å²) in [7, 11) is 1.62. The molecule has 0 saturated heterocycles. The van der Waals surface area contributed by atoms with Gasteiger partial charge in [0.1, 0.15) is 28.9 Å². The molecule has 0 aliphatic heterocycles. The first-order valence-corrected chi connectivity index (χ1v) is 21.8. The van der Waals surface area contributed by atoms with Crippen LogP contribution in [0, 0.1) is 35.3 Å². The number of phenols is 2. The molecule has 1 heterocycles. The molecule has 0 spiro atoms. The summed E-state index contributed by atoms with van der Waals surface area (Å²) in [6.45, 7) is 14.5. The summed E-state index contributed by atoms with van der Waals surface area (Å²) in [5.41, 5.74) is 8.11. The van der Waals surface area contributed by atoms with Crippen molar-refractivity contribution in [1.82, 2.24) is 4.98 Å². The van der Waals surface area contributed by atoms with Crippen LogP contribution >= 0.6 is 0 Å². The van der Waals surface area contributed by atoms with Gasteiger partial charge in [0, 0.05) is 39.9 Å². The van der Waals surface area contributed by atoms with E-state index in [1.807, 2.05) is 36.4 Å². The summed E-state index contributed by atoms with van der Waals surface area (Å²) in [4.78, 5) is 5.34. The van der Waals surface area contributed by atoms with Crippen LogP contribution in [-0.4, -0.2) is 22.3 Å². The molecule has 9 rings (SSSR count). The number of pyridine rings is 1. The van der Waals surface area contributed by atoms with Crippen molar-refractivity contribution in [2.75, 3.05) is 7.11 Å². The smallest absolute Gasteiger partial charge is 0.127 e. The van der Waals surface area contributed by atoms with Gasteiger partial charge in [-0.2, -0.15) is 0 Å². The topological polar surface area (TPSA) is 62.6 Å². The number of methoxy groups -OCH3 is 1. The molecule has 1 atom stereocenters. The zero-order chi connectivity index (χ0) is 41.7. The Morgan fingerprint density at radius 2 is 1.20 bits per heavy atom. The Kier molecular flexibility index (Phi) is 11.2. The number of aromatic nitrogens is 1. The Morgan fingerprint density at radius 3 is 1.69 bits per heavy atom. The zero-order valence-electron chi connectivity index (χ0n) is 35.5. The van der Waals surface area contributed by atoms with Gasteiger partial charge in [-0.05, 0) is 163 Å². The van der Waals surface area contributed by atoms with E-state index in [4.69, 9.17) is 9.72 Å². The van der Waals surface area contributed by atoms with Gasteiger partial charge in [-0.15, -0.1) is 6.58 Å². The van der Waals surface area contributed by atoms with E-state index in [0.717, 1.165) is 59.9 Å². The lowest BCUT2D eigenvalue weighted by atomic mass is 9.48. The second-order valence-electron chi connectivity index (χ2n) is 18.9. The maximum Gasteiger partial charge on any atom is 0.127 e. The van der Waals surface area contributed by atoms with E-state index in [-0.39, 0.29) is 34.6 Å². The highest BCUT2D eigenvalue weighted by Crippen LogP contribution is 2.62. The van der Waals surface area contributed by atoms with Crippen molar-refractivity contribution in [3.8, 4) is 62.0 Å². The lowest BCUT2D eigenvalue weighted by Crippen LogP contribution is -2.48. The highest BCUT2D eigenvalue weighted by Gasteiger charge is 2.52. The lowest BCUT2D eigenvalue weighted by molar-refractivity contribution is -0.00623. The minimum absolute atomic E-state index is 0.0576. The minimum atomic E-state index is -0.416. The van der Waals surface area contributed by atoms with E-state index >= 15 is 8.78 Å². The number of rotatable bonds is 13. The molecule has 4 nitrogen and oxygen atoms in total. The number of hydrogen-bond acceptors (Lipinski definition) is 4. The third-order valence-electron chi connectivity index (χ3n) is 13.9. The van der Waals surface area contributed by atoms with Crippen LogP contribution in [0.25, 0.3) is 44.8 Å². The molecule has 4 aromatic carbocycles. The van der Waals surface area contributed by atoms with Crippen molar-refractivity contribution in [2.45, 2.75) is 110 Å². The van der Waals surface area contributed by atoms with Crippen molar-refractivity contribution in [2.24, 2.45) is 23.7 Å². The molecule has 4 bridgehead atoms. The number of halogens is 2. The first-order chi connectivity index (χ1) is 28.2. The molecule has 0 radical (unpaired) electrons. The number of hydrogen-bond donors (Lipinski definition) is 2. The number of aromatic hydroxyl groups is 2. The van der Waals surface area contributed by atoms with E-state index in [0.29, 0.717) is 75.0 Å². The average Bonchev–Trinajstić information content (AvgIpc) is 3.20. The summed E-state index contributed by atoms with van der Waals surface area (Å²) < 4.78 is 37.5. The first-order valence-electron chi connectivity index (χ1n) is 21.8. The van der Waals surface area contributed by atoms with Gasteiger partial charge in [-0.3, -0.25) is 0 Å². The minimum Gasteiger partial charge on any atom is -0.507 e. The van der Waals surface area contributed by atoms with Crippen molar-refractivity contribution in [1.29, 1.82) is 0 Å². The Balaban J connectivity index is 1.29. The number of aryl methyl sites for hydroxylation is 1. The van der Waals surface area contributed by atoms with Gasteiger partial charge >= 0.3 is 0 Å². The van der Waals surface area contributed by atoms with Crippen molar-refractivity contribution in [3.63, 3.8) is 0 Å². The molecule has 4 aliphatic rings. The molecule has 2 N–H and O–H groups in total. The fourth-order valence-electron chi connectivity index (χ4n) is 11.1. The van der Waals surface area contributed by atoms with Crippen LogP contribution in [0.2, 0.25) is 0 Å². The van der Waals surface area contributed by atoms with Crippen LogP contribution < -0.4 is 4.74 Å². The molecule has 4 saturated carbocycles. The second-order valence-corrected chi connectivity index (χ2v) is 18.9. The highest BCUT2D eigenvalue weighted by atomic mass is 19.1. The molecule has 0 amide bonds. The number of allylic oxidation sites excluding steroid dienone is 1. The number of ether oxygens (including phenoxy) is 1. The normalized spacial score (nSPS) is 21.4. The molecular weight excluding hydrogens is 737 g/mol. The standard InChI is InChI=1S/C53H59F2NO3/c1-8-9-32(6)10-11-38-19-39(54)22-46(51(38)57)42-14-12-36(30(2)3)20-44(42)49-25-41(59-7)26-50(56-49)45-21-37(31(4)5)13-15-43(45)47-23-40(55)24-48(52(47)58)53-27-33-16-34(28-53)18-35(17-33)29-53/h8,12-15,19-26,30-35,57-58H,1,9-11,16-18,27-29H2,2-7H3. The SMILES string of the molecule is C=CCC(C)CCc1cc(F)cc(-c2ccc(C(C)C)cc2-c2cc(OC)cc(-c3cc(C(C)C)ccc3-c3cc(F)cc(C45CC6CC(CC(C6)C4)C5)c3O)n2)c1O. The summed E-state index contributed by atoms with van der Waals surface area (Å²) in [5, 5.41) is 24.1. The second kappa shape index (κ2) is 16.2. The number of nitrogens with zero attached hydrogens (tertiary/aromatic N) is 1. The molecular formula is C53H59F2NO3. The molecule has 1 unspecified atom stereocenters. The van der Waals surface area contributed by atoms with Crippen molar-refractivity contribution in [3.05, 3.63) is 119 Å². The van der Waals surface area contributed by atoms with Crippen LogP contribution in [0.4, 0.5) is 8.78 Å². The molecule has 59 heavy (non-hydrogen) atoms. The molecule has 4 fully saturated rings. The van der Waals surface area contributed by atoms with Gasteiger partial charge in [-0.25, -0.2) is 13.8 Å². The molecule has 308 valence electrons. The molecule has 5 aromatic rings. The van der Waals surface area contributed by atoms with E-state index in [2.05, 4.69) is 59.4 Å². The molecule has 6 heteroatoms. The third kappa shape index (κ3) is 7.92. The predicted molar refractivity (Wildman–Crippen MR) is 236 cm³/mol. The monoisotopic (exact) mass is 795 g/mol. The van der Waals surface area contributed by atoms with Crippen LogP contribution in [0.5, 0.6) is 17.2 Å². The van der Waals surface area contributed by atoms with Crippen molar-refractivity contribution >= 4 is 0 Å².